The molecule has 5 nitrogen and oxygen atoms in total. The van der Waals surface area contributed by atoms with Crippen molar-refractivity contribution in [2.45, 2.75) is 25.0 Å². The normalized spacial score (nSPS) is 18.6. The van der Waals surface area contributed by atoms with E-state index in [1.807, 2.05) is 31.2 Å². The van der Waals surface area contributed by atoms with Gasteiger partial charge >= 0.3 is 0 Å². The second-order valence-electron chi connectivity index (χ2n) is 5.40. The first-order chi connectivity index (χ1) is 10.0. The summed E-state index contributed by atoms with van der Waals surface area (Å²) in [5, 5.41) is -0.0492. The van der Waals surface area contributed by atoms with Gasteiger partial charge in [0.15, 0.2) is 0 Å². The minimum atomic E-state index is -3.69. The molecule has 2 aromatic rings. The number of furan rings is 1. The van der Waals surface area contributed by atoms with Crippen LogP contribution in [0.3, 0.4) is 0 Å². The number of rotatable bonds is 3. The van der Waals surface area contributed by atoms with Crippen LogP contribution < -0.4 is 10.0 Å². The SMILES string of the molecule is CC1Cc2ccccc2N(S(=O)(=O)c2ccc(CN)o2)C1. The molecule has 0 saturated carbocycles. The fourth-order valence-corrected chi connectivity index (χ4v) is 4.25. The first kappa shape index (κ1) is 14.2. The summed E-state index contributed by atoms with van der Waals surface area (Å²) in [6.07, 6.45) is 0.883. The van der Waals surface area contributed by atoms with E-state index in [2.05, 4.69) is 0 Å². The molecule has 2 N–H and O–H groups in total. The van der Waals surface area contributed by atoms with Crippen LogP contribution in [0, 0.1) is 5.92 Å². The molecule has 1 aromatic heterocycles. The summed E-state index contributed by atoms with van der Waals surface area (Å²) in [6.45, 7) is 2.69. The van der Waals surface area contributed by atoms with Crippen LogP contribution >= 0.6 is 0 Å². The lowest BCUT2D eigenvalue weighted by atomic mass is 9.96. The van der Waals surface area contributed by atoms with Gasteiger partial charge in [0, 0.05) is 6.54 Å². The van der Waals surface area contributed by atoms with E-state index in [4.69, 9.17) is 10.2 Å². The number of para-hydroxylation sites is 1. The molecule has 0 aliphatic carbocycles. The Morgan fingerprint density at radius 2 is 2.05 bits per heavy atom. The number of fused-ring (bicyclic) bond motifs is 1. The van der Waals surface area contributed by atoms with E-state index in [1.54, 1.807) is 6.07 Å². The summed E-state index contributed by atoms with van der Waals surface area (Å²) in [7, 11) is -3.69. The minimum absolute atomic E-state index is 0.0492. The van der Waals surface area contributed by atoms with Gasteiger partial charge in [-0.15, -0.1) is 0 Å². The Hall–Kier alpha value is -1.79. The summed E-state index contributed by atoms with van der Waals surface area (Å²) < 4.78 is 32.4. The van der Waals surface area contributed by atoms with E-state index in [0.29, 0.717) is 12.3 Å². The third kappa shape index (κ3) is 2.45. The van der Waals surface area contributed by atoms with Crippen molar-refractivity contribution in [1.82, 2.24) is 0 Å². The number of hydrogen-bond acceptors (Lipinski definition) is 4. The number of anilines is 1. The van der Waals surface area contributed by atoms with Crippen LogP contribution in [0.1, 0.15) is 18.2 Å². The van der Waals surface area contributed by atoms with E-state index < -0.39 is 10.0 Å². The van der Waals surface area contributed by atoms with Crippen LogP contribution in [0.2, 0.25) is 0 Å². The van der Waals surface area contributed by atoms with Crippen LogP contribution in [0.25, 0.3) is 0 Å². The van der Waals surface area contributed by atoms with Gasteiger partial charge in [0.05, 0.1) is 12.2 Å². The predicted octanol–water partition coefficient (Wildman–Crippen LogP) is 2.13. The highest BCUT2D eigenvalue weighted by molar-refractivity contribution is 7.92. The molecule has 0 saturated heterocycles. The topological polar surface area (TPSA) is 76.5 Å². The molecule has 0 bridgehead atoms. The van der Waals surface area contributed by atoms with E-state index in [1.165, 1.54) is 10.4 Å². The number of hydrogen-bond donors (Lipinski definition) is 1. The molecule has 21 heavy (non-hydrogen) atoms. The zero-order valence-corrected chi connectivity index (χ0v) is 12.6. The van der Waals surface area contributed by atoms with Crippen LogP contribution in [-0.2, 0) is 23.0 Å². The molecule has 0 amide bonds. The molecule has 2 heterocycles. The maximum atomic E-state index is 12.8. The van der Waals surface area contributed by atoms with Gasteiger partial charge in [0.2, 0.25) is 5.09 Å². The molecular weight excluding hydrogens is 288 g/mol. The highest BCUT2D eigenvalue weighted by Crippen LogP contribution is 2.34. The molecule has 1 atom stereocenters. The molecule has 1 aliphatic heterocycles. The summed E-state index contributed by atoms with van der Waals surface area (Å²) in [5.41, 5.74) is 7.27. The summed E-state index contributed by atoms with van der Waals surface area (Å²) in [5.74, 6) is 0.727. The van der Waals surface area contributed by atoms with Crippen LogP contribution in [-0.4, -0.2) is 15.0 Å². The number of benzene rings is 1. The van der Waals surface area contributed by atoms with E-state index >= 15 is 0 Å². The van der Waals surface area contributed by atoms with Crippen molar-refractivity contribution in [2.24, 2.45) is 11.7 Å². The van der Waals surface area contributed by atoms with Gasteiger partial charge in [-0.1, -0.05) is 25.1 Å². The lowest BCUT2D eigenvalue weighted by molar-refractivity contribution is 0.413. The maximum absolute atomic E-state index is 12.8. The van der Waals surface area contributed by atoms with E-state index in [-0.39, 0.29) is 17.6 Å². The van der Waals surface area contributed by atoms with Crippen molar-refractivity contribution in [3.05, 3.63) is 47.7 Å². The molecule has 1 aromatic carbocycles. The van der Waals surface area contributed by atoms with E-state index in [9.17, 15) is 8.42 Å². The number of sulfonamides is 1. The first-order valence-electron chi connectivity index (χ1n) is 6.92. The molecule has 0 fully saturated rings. The highest BCUT2D eigenvalue weighted by Gasteiger charge is 2.33. The fraction of sp³-hybridized carbons (Fsp3) is 0.333. The van der Waals surface area contributed by atoms with Crippen molar-refractivity contribution in [1.29, 1.82) is 0 Å². The van der Waals surface area contributed by atoms with Gasteiger partial charge in [0.25, 0.3) is 10.0 Å². The molecular formula is C15H18N2O3S. The van der Waals surface area contributed by atoms with Crippen molar-refractivity contribution < 1.29 is 12.8 Å². The van der Waals surface area contributed by atoms with Gasteiger partial charge in [-0.25, -0.2) is 0 Å². The molecule has 1 aliphatic rings. The monoisotopic (exact) mass is 306 g/mol. The van der Waals surface area contributed by atoms with Gasteiger partial charge < -0.3 is 10.2 Å². The fourth-order valence-electron chi connectivity index (χ4n) is 2.69. The maximum Gasteiger partial charge on any atom is 0.297 e. The molecule has 0 radical (unpaired) electrons. The van der Waals surface area contributed by atoms with E-state index in [0.717, 1.165) is 17.7 Å². The average Bonchev–Trinajstić information content (AvgIpc) is 2.96. The van der Waals surface area contributed by atoms with Gasteiger partial charge in [0.1, 0.15) is 5.76 Å². The zero-order valence-electron chi connectivity index (χ0n) is 11.8. The van der Waals surface area contributed by atoms with Crippen LogP contribution in [0.15, 0.2) is 45.9 Å². The Labute approximate surface area is 124 Å². The average molecular weight is 306 g/mol. The van der Waals surface area contributed by atoms with Gasteiger partial charge in [-0.2, -0.15) is 8.42 Å². The second kappa shape index (κ2) is 5.20. The smallest absolute Gasteiger partial charge is 0.297 e. The Balaban J connectivity index is 2.07. The van der Waals surface area contributed by atoms with Crippen molar-refractivity contribution >= 4 is 15.7 Å². The summed E-state index contributed by atoms with van der Waals surface area (Å²) in [6, 6.07) is 10.7. The quantitative estimate of drug-likeness (QED) is 0.942. The van der Waals surface area contributed by atoms with Crippen molar-refractivity contribution in [3.63, 3.8) is 0 Å². The van der Waals surface area contributed by atoms with Crippen LogP contribution in [0.4, 0.5) is 5.69 Å². The Kier molecular flexibility index (Phi) is 3.51. The lowest BCUT2D eigenvalue weighted by Crippen LogP contribution is -2.39. The number of nitrogens with zero attached hydrogens (tertiary/aromatic N) is 1. The molecule has 3 rings (SSSR count). The zero-order chi connectivity index (χ0) is 15.0. The van der Waals surface area contributed by atoms with Gasteiger partial charge in [-0.05, 0) is 36.1 Å². The Bertz CT molecular complexity index is 752. The lowest BCUT2D eigenvalue weighted by Gasteiger charge is -2.33. The largest absolute Gasteiger partial charge is 0.446 e. The second-order valence-corrected chi connectivity index (χ2v) is 7.19. The molecule has 6 heteroatoms. The third-order valence-electron chi connectivity index (χ3n) is 3.69. The van der Waals surface area contributed by atoms with Crippen molar-refractivity contribution in [2.75, 3.05) is 10.8 Å². The van der Waals surface area contributed by atoms with Gasteiger partial charge in [-0.3, -0.25) is 4.31 Å². The van der Waals surface area contributed by atoms with Crippen molar-refractivity contribution in [3.8, 4) is 0 Å². The number of nitrogens with two attached hydrogens (primary N) is 1. The van der Waals surface area contributed by atoms with Crippen LogP contribution in [0.5, 0.6) is 0 Å². The minimum Gasteiger partial charge on any atom is -0.446 e. The predicted molar refractivity (Wildman–Crippen MR) is 80.4 cm³/mol. The summed E-state index contributed by atoms with van der Waals surface area (Å²) >= 11 is 0. The Morgan fingerprint density at radius 3 is 2.76 bits per heavy atom. The molecule has 112 valence electrons. The third-order valence-corrected chi connectivity index (χ3v) is 5.34. The highest BCUT2D eigenvalue weighted by atomic mass is 32.2. The standard InChI is InChI=1S/C15H18N2O3S/c1-11-8-12-4-2-3-5-14(12)17(10-11)21(18,19)15-7-6-13(9-16)20-15/h2-7,11H,8-10,16H2,1H3. The first-order valence-corrected chi connectivity index (χ1v) is 8.36. The Morgan fingerprint density at radius 1 is 1.29 bits per heavy atom. The molecule has 1 unspecified atom stereocenters. The summed E-state index contributed by atoms with van der Waals surface area (Å²) in [4.78, 5) is 0. The molecule has 0 spiro atoms.